The standard InChI is InChI=1S/C22H26N2/c1-16-11-13-17(14-12-16)21-15-22(23-18-7-3-2-4-8-18)19-9-5-6-10-20(19)24-21/h5-6,9-14,18,21,24H,2-4,7-8,15H2,1H3/p+1. The van der Waals surface area contributed by atoms with Crippen LogP contribution in [0.15, 0.2) is 53.5 Å². The van der Waals surface area contributed by atoms with Gasteiger partial charge in [-0.2, -0.15) is 0 Å². The Morgan fingerprint density at radius 3 is 2.46 bits per heavy atom. The molecule has 2 heteroatoms. The van der Waals surface area contributed by atoms with Crippen molar-refractivity contribution in [3.05, 3.63) is 65.2 Å². The van der Waals surface area contributed by atoms with Gasteiger partial charge < -0.3 is 5.32 Å². The lowest BCUT2D eigenvalue weighted by molar-refractivity contribution is -0.618. The highest BCUT2D eigenvalue weighted by molar-refractivity contribution is 6.04. The van der Waals surface area contributed by atoms with Gasteiger partial charge in [-0.1, -0.05) is 61.2 Å². The van der Waals surface area contributed by atoms with Crippen molar-refractivity contribution in [1.29, 1.82) is 0 Å². The fourth-order valence-corrected chi connectivity index (χ4v) is 4.08. The molecule has 0 radical (unpaired) electrons. The van der Waals surface area contributed by atoms with E-state index in [0.29, 0.717) is 12.1 Å². The highest BCUT2D eigenvalue weighted by Gasteiger charge is 2.28. The van der Waals surface area contributed by atoms with E-state index in [-0.39, 0.29) is 0 Å². The first-order chi connectivity index (χ1) is 11.8. The number of hydrogen-bond donors (Lipinski definition) is 1. The van der Waals surface area contributed by atoms with Gasteiger partial charge in [-0.3, -0.25) is 4.99 Å². The molecular weight excluding hydrogens is 292 g/mol. The number of nitrogens with zero attached hydrogens (tertiary/aromatic N) is 1. The molecule has 1 saturated carbocycles. The molecule has 2 aromatic rings. The van der Waals surface area contributed by atoms with E-state index in [4.69, 9.17) is 4.99 Å². The molecule has 0 bridgehead atoms. The Hall–Kier alpha value is -1.93. The normalized spacial score (nSPS) is 23.2. The van der Waals surface area contributed by atoms with E-state index in [0.717, 1.165) is 6.42 Å². The summed E-state index contributed by atoms with van der Waals surface area (Å²) in [6.45, 7) is 2.15. The van der Waals surface area contributed by atoms with E-state index >= 15 is 0 Å². The molecule has 24 heavy (non-hydrogen) atoms. The molecule has 2 aliphatic rings. The minimum Gasteiger partial charge on any atom is -0.307 e. The summed E-state index contributed by atoms with van der Waals surface area (Å²) in [5, 5.41) is 2.43. The van der Waals surface area contributed by atoms with Gasteiger partial charge in [0.25, 0.3) is 0 Å². The van der Waals surface area contributed by atoms with Crippen LogP contribution < -0.4 is 5.32 Å². The number of aliphatic imine (C=N–C) groups is 1. The Kier molecular flexibility index (Phi) is 4.48. The molecule has 1 fully saturated rings. The molecule has 0 spiro atoms. The lowest BCUT2D eigenvalue weighted by Gasteiger charge is -2.26. The van der Waals surface area contributed by atoms with Gasteiger partial charge in [0.2, 0.25) is 0 Å². The number of aryl methyl sites for hydroxylation is 1. The van der Waals surface area contributed by atoms with Crippen molar-refractivity contribution in [3.8, 4) is 0 Å². The van der Waals surface area contributed by atoms with E-state index in [1.807, 2.05) is 0 Å². The second kappa shape index (κ2) is 6.90. The van der Waals surface area contributed by atoms with Crippen LogP contribution >= 0.6 is 0 Å². The van der Waals surface area contributed by atoms with E-state index in [2.05, 4.69) is 60.8 Å². The zero-order valence-electron chi connectivity index (χ0n) is 14.5. The lowest BCUT2D eigenvalue weighted by Crippen LogP contribution is -2.81. The largest absolute Gasteiger partial charge is 0.307 e. The van der Waals surface area contributed by atoms with E-state index in [1.165, 1.54) is 60.2 Å². The highest BCUT2D eigenvalue weighted by atomic mass is 15.0. The molecule has 1 aliphatic heterocycles. The van der Waals surface area contributed by atoms with Crippen molar-refractivity contribution in [2.45, 2.75) is 57.5 Å². The number of fused-ring (bicyclic) bond motifs is 1. The molecule has 1 aliphatic carbocycles. The van der Waals surface area contributed by atoms with Crippen LogP contribution in [0.25, 0.3) is 0 Å². The molecule has 1 heterocycles. The Labute approximate surface area is 145 Å². The number of rotatable bonds is 2. The third kappa shape index (κ3) is 3.29. The minimum absolute atomic E-state index is 0.447. The van der Waals surface area contributed by atoms with Crippen molar-refractivity contribution in [2.24, 2.45) is 4.99 Å². The van der Waals surface area contributed by atoms with Gasteiger partial charge in [0.15, 0.2) is 0 Å². The van der Waals surface area contributed by atoms with Crippen molar-refractivity contribution in [2.75, 3.05) is 0 Å². The predicted molar refractivity (Wildman–Crippen MR) is 100.0 cm³/mol. The molecule has 4 rings (SSSR count). The van der Waals surface area contributed by atoms with Crippen LogP contribution in [-0.2, 0) is 0 Å². The number of hydrogen-bond acceptors (Lipinski definition) is 1. The summed E-state index contributed by atoms with van der Waals surface area (Å²) in [5.41, 5.74) is 6.76. The Morgan fingerprint density at radius 2 is 1.67 bits per heavy atom. The average Bonchev–Trinajstić information content (AvgIpc) is 2.63. The molecule has 0 saturated heterocycles. The molecule has 0 amide bonds. The molecule has 1 atom stereocenters. The second-order valence-electron chi connectivity index (χ2n) is 7.34. The molecular formula is C22H27N2+. The first-order valence-electron chi connectivity index (χ1n) is 9.37. The van der Waals surface area contributed by atoms with Crippen LogP contribution in [0, 0.1) is 6.92 Å². The van der Waals surface area contributed by atoms with Gasteiger partial charge in [-0.05, 0) is 31.9 Å². The SMILES string of the molecule is Cc1ccc(C2CC(=NC3CCCCC3)c3ccccc3[NH2+]2)cc1. The zero-order chi connectivity index (χ0) is 16.4. The van der Waals surface area contributed by atoms with E-state index in [9.17, 15) is 0 Å². The summed E-state index contributed by atoms with van der Waals surface area (Å²) in [7, 11) is 0. The second-order valence-corrected chi connectivity index (χ2v) is 7.34. The van der Waals surface area contributed by atoms with E-state index < -0.39 is 0 Å². The molecule has 124 valence electrons. The summed E-state index contributed by atoms with van der Waals surface area (Å²) < 4.78 is 0. The Bertz CT molecular complexity index is 724. The van der Waals surface area contributed by atoms with Crippen LogP contribution in [0.1, 0.15) is 61.3 Å². The van der Waals surface area contributed by atoms with Gasteiger partial charge >= 0.3 is 0 Å². The van der Waals surface area contributed by atoms with Crippen molar-refractivity contribution in [3.63, 3.8) is 0 Å². The van der Waals surface area contributed by atoms with Crippen LogP contribution in [0.5, 0.6) is 0 Å². The topological polar surface area (TPSA) is 29.0 Å². The molecule has 0 aromatic heterocycles. The quantitative estimate of drug-likeness (QED) is 0.792. The first-order valence-corrected chi connectivity index (χ1v) is 9.37. The summed E-state index contributed by atoms with van der Waals surface area (Å²) in [6, 6.07) is 18.8. The van der Waals surface area contributed by atoms with Crippen molar-refractivity contribution >= 4 is 11.4 Å². The Morgan fingerprint density at radius 1 is 0.917 bits per heavy atom. The zero-order valence-corrected chi connectivity index (χ0v) is 14.5. The van der Waals surface area contributed by atoms with Crippen LogP contribution in [0.4, 0.5) is 5.69 Å². The molecule has 1 unspecified atom stereocenters. The summed E-state index contributed by atoms with van der Waals surface area (Å²) >= 11 is 0. The van der Waals surface area contributed by atoms with Gasteiger partial charge in [-0.25, -0.2) is 0 Å². The highest BCUT2D eigenvalue weighted by Crippen LogP contribution is 2.28. The molecule has 2 nitrogen and oxygen atoms in total. The number of nitrogens with two attached hydrogens (primary N) is 1. The molecule has 2 N–H and O–H groups in total. The predicted octanol–water partition coefficient (Wildman–Crippen LogP) is 4.46. The fourth-order valence-electron chi connectivity index (χ4n) is 4.08. The third-order valence-electron chi connectivity index (χ3n) is 5.48. The van der Waals surface area contributed by atoms with Gasteiger partial charge in [0, 0.05) is 12.0 Å². The summed E-state index contributed by atoms with van der Waals surface area (Å²) in [4.78, 5) is 5.23. The van der Waals surface area contributed by atoms with Crippen LogP contribution in [-0.4, -0.2) is 11.8 Å². The van der Waals surface area contributed by atoms with Gasteiger partial charge in [0.05, 0.1) is 17.3 Å². The third-order valence-corrected chi connectivity index (χ3v) is 5.48. The first kappa shape index (κ1) is 15.6. The maximum absolute atomic E-state index is 5.23. The lowest BCUT2D eigenvalue weighted by atomic mass is 9.90. The maximum atomic E-state index is 5.23. The van der Waals surface area contributed by atoms with Gasteiger partial charge in [-0.15, -0.1) is 0 Å². The smallest absolute Gasteiger partial charge is 0.139 e. The summed E-state index contributed by atoms with van der Waals surface area (Å²) in [6.07, 6.45) is 7.65. The van der Waals surface area contributed by atoms with Crippen molar-refractivity contribution in [1.82, 2.24) is 0 Å². The monoisotopic (exact) mass is 319 g/mol. The maximum Gasteiger partial charge on any atom is 0.139 e. The summed E-state index contributed by atoms with van der Waals surface area (Å²) in [5.74, 6) is 0. The van der Waals surface area contributed by atoms with E-state index in [1.54, 1.807) is 0 Å². The van der Waals surface area contributed by atoms with Crippen molar-refractivity contribution < 1.29 is 5.32 Å². The number of quaternary nitrogens is 1. The number of para-hydroxylation sites is 1. The molecule has 2 aromatic carbocycles. The average molecular weight is 319 g/mol. The van der Waals surface area contributed by atoms with Crippen LogP contribution in [0.3, 0.4) is 0 Å². The Balaban J connectivity index is 1.66. The minimum atomic E-state index is 0.447. The van der Waals surface area contributed by atoms with Gasteiger partial charge in [0.1, 0.15) is 11.7 Å². The number of benzene rings is 2. The fraction of sp³-hybridized carbons (Fsp3) is 0.409. The van der Waals surface area contributed by atoms with Crippen LogP contribution in [0.2, 0.25) is 0 Å².